The van der Waals surface area contributed by atoms with Gasteiger partial charge in [0.25, 0.3) is 0 Å². The Balaban J connectivity index is 1.29. The van der Waals surface area contributed by atoms with Crippen LogP contribution in [0.25, 0.3) is 74.5 Å². The molecule has 0 fully saturated rings. The van der Waals surface area contributed by atoms with Crippen molar-refractivity contribution in [3.63, 3.8) is 0 Å². The second-order valence-corrected chi connectivity index (χ2v) is 13.5. The first-order valence-electron chi connectivity index (χ1n) is 17.0. The zero-order chi connectivity index (χ0) is 33.9. The Bertz CT molecular complexity index is 2400. The molecule has 6 aromatic carbocycles. The summed E-state index contributed by atoms with van der Waals surface area (Å²) >= 11 is 0. The molecule has 236 valence electrons. The highest BCUT2D eigenvalue weighted by Gasteiger charge is 2.37. The van der Waals surface area contributed by atoms with Gasteiger partial charge < -0.3 is 5.32 Å². The number of benzene rings is 6. The van der Waals surface area contributed by atoms with Crippen molar-refractivity contribution in [2.24, 2.45) is 0 Å². The van der Waals surface area contributed by atoms with Gasteiger partial charge >= 0.3 is 0 Å². The average molecular weight is 630 g/mol. The van der Waals surface area contributed by atoms with Crippen LogP contribution in [-0.4, -0.2) is 0 Å². The van der Waals surface area contributed by atoms with E-state index in [-0.39, 0.29) is 11.5 Å². The summed E-state index contributed by atoms with van der Waals surface area (Å²) in [6, 6.07) is 37.3. The van der Waals surface area contributed by atoms with Crippen LogP contribution in [0.5, 0.6) is 0 Å². The molecule has 1 heteroatoms. The summed E-state index contributed by atoms with van der Waals surface area (Å²) in [6.45, 7) is 21.8. The van der Waals surface area contributed by atoms with Gasteiger partial charge in [-0.15, -0.1) is 0 Å². The zero-order valence-corrected chi connectivity index (χ0v) is 28.2. The van der Waals surface area contributed by atoms with Crippen LogP contribution in [-0.2, 0) is 5.41 Å². The SMILES string of the molecule is C=Cc1c(-c2ccc(-c3c(C=C)c(C=C)c(C4C=Cc5ccccc5N4)c4ccccc34)cc2)cc2c(c1C=C)-c1ccccc1C2(C)C. The topological polar surface area (TPSA) is 12.0 Å². The molecule has 0 amide bonds. The number of hydrogen-bond acceptors (Lipinski definition) is 1. The Morgan fingerprint density at radius 3 is 1.92 bits per heavy atom. The second kappa shape index (κ2) is 11.6. The minimum Gasteiger partial charge on any atom is -0.374 e. The Morgan fingerprint density at radius 2 is 1.18 bits per heavy atom. The van der Waals surface area contributed by atoms with Crippen LogP contribution in [0.2, 0.25) is 0 Å². The highest BCUT2D eigenvalue weighted by atomic mass is 14.9. The summed E-state index contributed by atoms with van der Waals surface area (Å²) in [6.07, 6.45) is 12.4. The Kier molecular flexibility index (Phi) is 7.23. The fraction of sp³-hybridized carbons (Fsp3) is 0.0833. The van der Waals surface area contributed by atoms with Crippen molar-refractivity contribution in [1.29, 1.82) is 0 Å². The zero-order valence-electron chi connectivity index (χ0n) is 28.2. The molecule has 0 aromatic heterocycles. The molecular formula is C48H39N. The maximum absolute atomic E-state index is 4.32. The van der Waals surface area contributed by atoms with Gasteiger partial charge in [-0.1, -0.05) is 168 Å². The molecule has 1 unspecified atom stereocenters. The molecular weight excluding hydrogens is 591 g/mol. The summed E-state index contributed by atoms with van der Waals surface area (Å²) in [7, 11) is 0. The first-order chi connectivity index (χ1) is 23.9. The van der Waals surface area contributed by atoms with E-state index in [4.69, 9.17) is 0 Å². The summed E-state index contributed by atoms with van der Waals surface area (Å²) < 4.78 is 0. The predicted molar refractivity (Wildman–Crippen MR) is 215 cm³/mol. The van der Waals surface area contributed by atoms with Gasteiger partial charge in [-0.25, -0.2) is 0 Å². The molecule has 0 saturated heterocycles. The molecule has 2 aliphatic rings. The third-order valence-corrected chi connectivity index (χ3v) is 10.6. The maximum Gasteiger partial charge on any atom is 0.0713 e. The van der Waals surface area contributed by atoms with Crippen LogP contribution in [0, 0.1) is 0 Å². The van der Waals surface area contributed by atoms with Crippen LogP contribution < -0.4 is 5.32 Å². The van der Waals surface area contributed by atoms with Crippen molar-refractivity contribution in [3.8, 4) is 33.4 Å². The fourth-order valence-corrected chi connectivity index (χ4v) is 8.32. The van der Waals surface area contributed by atoms with E-state index in [1.54, 1.807) is 0 Å². The lowest BCUT2D eigenvalue weighted by molar-refractivity contribution is 0.660. The molecule has 1 aliphatic heterocycles. The molecule has 1 heterocycles. The Morgan fingerprint density at radius 1 is 0.571 bits per heavy atom. The third-order valence-electron chi connectivity index (χ3n) is 10.6. The molecule has 1 nitrogen and oxygen atoms in total. The van der Waals surface area contributed by atoms with Crippen molar-refractivity contribution in [2.75, 3.05) is 5.32 Å². The monoisotopic (exact) mass is 629 g/mol. The van der Waals surface area contributed by atoms with Crippen molar-refractivity contribution in [3.05, 3.63) is 180 Å². The highest BCUT2D eigenvalue weighted by Crippen LogP contribution is 2.53. The van der Waals surface area contributed by atoms with Gasteiger partial charge in [-0.3, -0.25) is 0 Å². The smallest absolute Gasteiger partial charge is 0.0713 e. The normalized spacial score (nSPS) is 15.1. The van der Waals surface area contributed by atoms with Gasteiger partial charge in [0.15, 0.2) is 0 Å². The van der Waals surface area contributed by atoms with Crippen LogP contribution in [0.3, 0.4) is 0 Å². The van der Waals surface area contributed by atoms with E-state index < -0.39 is 0 Å². The van der Waals surface area contributed by atoms with Crippen LogP contribution >= 0.6 is 0 Å². The van der Waals surface area contributed by atoms with Gasteiger partial charge in [0.05, 0.1) is 6.04 Å². The van der Waals surface area contributed by atoms with E-state index in [1.807, 2.05) is 24.3 Å². The minimum absolute atomic E-state index is 0.00509. The van der Waals surface area contributed by atoms with Crippen LogP contribution in [0.1, 0.15) is 64.4 Å². The van der Waals surface area contributed by atoms with E-state index in [1.165, 1.54) is 49.7 Å². The van der Waals surface area contributed by atoms with Crippen molar-refractivity contribution < 1.29 is 0 Å². The van der Waals surface area contributed by atoms with E-state index in [9.17, 15) is 0 Å². The van der Waals surface area contributed by atoms with Gasteiger partial charge in [-0.05, 0) is 101 Å². The third kappa shape index (κ3) is 4.54. The maximum atomic E-state index is 4.32. The molecule has 1 N–H and O–H groups in total. The first kappa shape index (κ1) is 30.4. The summed E-state index contributed by atoms with van der Waals surface area (Å²) in [5.74, 6) is 0. The molecule has 6 aromatic rings. The number of anilines is 1. The lowest BCUT2D eigenvalue weighted by Gasteiger charge is -2.28. The van der Waals surface area contributed by atoms with Crippen LogP contribution in [0.15, 0.2) is 136 Å². The molecule has 8 rings (SSSR count). The Labute approximate surface area is 290 Å². The van der Waals surface area contributed by atoms with E-state index in [2.05, 4.69) is 161 Å². The number of hydrogen-bond donors (Lipinski definition) is 1. The van der Waals surface area contributed by atoms with Crippen molar-refractivity contribution >= 4 is 46.8 Å². The molecule has 49 heavy (non-hydrogen) atoms. The number of para-hydroxylation sites is 1. The first-order valence-corrected chi connectivity index (χ1v) is 17.0. The molecule has 1 atom stereocenters. The molecule has 0 spiro atoms. The summed E-state index contributed by atoms with van der Waals surface area (Å²) in [4.78, 5) is 0. The summed E-state index contributed by atoms with van der Waals surface area (Å²) in [5, 5.41) is 6.18. The standard InChI is InChI=1S/C48H39N/c1-7-33-34(8-2)46-39-20-14-15-21-41(39)48(5,6)42(46)29-40(33)30-23-25-32(26-24-30)45-35(9-3)36(10-4)47(38-19-13-12-18-37(38)45)44-28-27-31-17-11-16-22-43(31)49-44/h7-29,44,49H,1-4H2,5-6H3. The lowest BCUT2D eigenvalue weighted by Crippen LogP contribution is -2.15. The van der Waals surface area contributed by atoms with Crippen molar-refractivity contribution in [1.82, 2.24) is 0 Å². The van der Waals surface area contributed by atoms with Gasteiger partial charge in [0.2, 0.25) is 0 Å². The minimum atomic E-state index is -0.122. The lowest BCUT2D eigenvalue weighted by atomic mass is 9.79. The fourth-order valence-electron chi connectivity index (χ4n) is 8.32. The van der Waals surface area contributed by atoms with Gasteiger partial charge in [0, 0.05) is 11.1 Å². The summed E-state index contributed by atoms with van der Waals surface area (Å²) in [5.41, 5.74) is 17.7. The van der Waals surface area contributed by atoms with E-state index in [0.29, 0.717) is 0 Å². The van der Waals surface area contributed by atoms with E-state index >= 15 is 0 Å². The average Bonchev–Trinajstić information content (AvgIpc) is 3.38. The molecule has 1 aliphatic carbocycles. The molecule has 0 radical (unpaired) electrons. The van der Waals surface area contributed by atoms with Gasteiger partial charge in [-0.2, -0.15) is 0 Å². The number of nitrogens with one attached hydrogen (secondary N) is 1. The molecule has 0 saturated carbocycles. The quantitative estimate of drug-likeness (QED) is 0.185. The molecule has 0 bridgehead atoms. The van der Waals surface area contributed by atoms with Gasteiger partial charge in [0.1, 0.15) is 0 Å². The largest absolute Gasteiger partial charge is 0.374 e. The highest BCUT2D eigenvalue weighted by molar-refractivity contribution is 6.06. The van der Waals surface area contributed by atoms with E-state index in [0.717, 1.165) is 44.6 Å². The second-order valence-electron chi connectivity index (χ2n) is 13.5. The van der Waals surface area contributed by atoms with Crippen molar-refractivity contribution in [2.45, 2.75) is 25.3 Å². The number of rotatable bonds is 7. The predicted octanol–water partition coefficient (Wildman–Crippen LogP) is 13.2. The Hall–Kier alpha value is -5.92. The van der Waals surface area contributed by atoms with Crippen LogP contribution in [0.4, 0.5) is 5.69 Å². The number of fused-ring (bicyclic) bond motifs is 5.